The monoisotopic (exact) mass is 346 g/mol. The van der Waals surface area contributed by atoms with Crippen molar-refractivity contribution in [3.8, 4) is 5.75 Å². The lowest BCUT2D eigenvalue weighted by atomic mass is 9.73. The third kappa shape index (κ3) is 3.82. The molecule has 0 spiro atoms. The molecule has 5 nitrogen and oxygen atoms in total. The van der Waals surface area contributed by atoms with E-state index in [1.807, 2.05) is 24.3 Å². The number of hydrogen-bond acceptors (Lipinski definition) is 4. The van der Waals surface area contributed by atoms with Crippen LogP contribution in [-0.4, -0.2) is 56.8 Å². The molecule has 2 heterocycles. The highest BCUT2D eigenvalue weighted by atomic mass is 16.5. The number of benzene rings is 1. The molecule has 25 heavy (non-hydrogen) atoms. The van der Waals surface area contributed by atoms with Crippen LogP contribution in [0.15, 0.2) is 24.3 Å². The van der Waals surface area contributed by atoms with Gasteiger partial charge in [-0.3, -0.25) is 9.69 Å². The number of amides is 1. The fourth-order valence-corrected chi connectivity index (χ4v) is 4.20. The summed E-state index contributed by atoms with van der Waals surface area (Å²) in [5, 5.41) is 3.26. The van der Waals surface area contributed by atoms with Crippen LogP contribution < -0.4 is 10.1 Å². The predicted octanol–water partition coefficient (Wildman–Crippen LogP) is 2.34. The van der Waals surface area contributed by atoms with E-state index >= 15 is 0 Å². The highest BCUT2D eigenvalue weighted by Crippen LogP contribution is 2.36. The lowest BCUT2D eigenvalue weighted by Crippen LogP contribution is -2.50. The molecule has 1 atom stereocenters. The largest absolute Gasteiger partial charge is 0.497 e. The van der Waals surface area contributed by atoms with Crippen LogP contribution in [0.25, 0.3) is 0 Å². The summed E-state index contributed by atoms with van der Waals surface area (Å²) in [7, 11) is 1.66. The van der Waals surface area contributed by atoms with Gasteiger partial charge in [0.25, 0.3) is 0 Å². The Balaban J connectivity index is 1.73. The number of rotatable bonds is 6. The van der Waals surface area contributed by atoms with Gasteiger partial charge in [-0.1, -0.05) is 19.1 Å². The van der Waals surface area contributed by atoms with Crippen molar-refractivity contribution in [2.45, 2.75) is 44.1 Å². The van der Waals surface area contributed by atoms with Crippen molar-refractivity contribution in [1.29, 1.82) is 0 Å². The molecular weight excluding hydrogens is 316 g/mol. The standard InChI is InChI=1S/C20H30N2O3/c1-3-22-12-4-5-17(22)15-21-19(23)20(10-13-25-14-11-20)16-6-8-18(24-2)9-7-16/h6-9,17H,3-5,10-15H2,1-2H3,(H,21,23). The first kappa shape index (κ1) is 18.2. The van der Waals surface area contributed by atoms with Gasteiger partial charge in [0, 0.05) is 25.8 Å². The van der Waals surface area contributed by atoms with Crippen LogP contribution in [0.4, 0.5) is 0 Å². The number of carbonyl (C=O) groups excluding carboxylic acids is 1. The van der Waals surface area contributed by atoms with E-state index in [1.165, 1.54) is 12.8 Å². The Bertz CT molecular complexity index is 567. The molecule has 1 N–H and O–H groups in total. The number of hydrogen-bond donors (Lipinski definition) is 1. The summed E-state index contributed by atoms with van der Waals surface area (Å²) in [6, 6.07) is 8.40. The van der Waals surface area contributed by atoms with E-state index in [9.17, 15) is 4.79 Å². The molecule has 5 heteroatoms. The normalized spacial score (nSPS) is 23.4. The van der Waals surface area contributed by atoms with Gasteiger partial charge in [0.1, 0.15) is 5.75 Å². The molecule has 1 unspecified atom stereocenters. The first-order valence-electron chi connectivity index (χ1n) is 9.44. The zero-order chi connectivity index (χ0) is 17.7. The molecule has 2 aliphatic heterocycles. The van der Waals surface area contributed by atoms with Gasteiger partial charge >= 0.3 is 0 Å². The Morgan fingerprint density at radius 2 is 2.04 bits per heavy atom. The summed E-state index contributed by atoms with van der Waals surface area (Å²) in [6.45, 7) is 6.39. The Morgan fingerprint density at radius 3 is 2.68 bits per heavy atom. The van der Waals surface area contributed by atoms with Crippen molar-refractivity contribution >= 4 is 5.91 Å². The first-order valence-corrected chi connectivity index (χ1v) is 9.44. The van der Waals surface area contributed by atoms with E-state index in [-0.39, 0.29) is 5.91 Å². The highest BCUT2D eigenvalue weighted by Gasteiger charge is 2.42. The lowest BCUT2D eigenvalue weighted by molar-refractivity contribution is -0.130. The van der Waals surface area contributed by atoms with Gasteiger partial charge in [0.2, 0.25) is 5.91 Å². The fourth-order valence-electron chi connectivity index (χ4n) is 4.20. The van der Waals surface area contributed by atoms with Crippen molar-refractivity contribution in [3.63, 3.8) is 0 Å². The summed E-state index contributed by atoms with van der Waals surface area (Å²) in [6.07, 6.45) is 3.86. The van der Waals surface area contributed by atoms with Crippen LogP contribution in [-0.2, 0) is 14.9 Å². The Kier molecular flexibility index (Phi) is 5.97. The van der Waals surface area contributed by atoms with E-state index in [0.29, 0.717) is 19.3 Å². The molecule has 2 fully saturated rings. The van der Waals surface area contributed by atoms with Crippen LogP contribution in [0.1, 0.15) is 38.2 Å². The van der Waals surface area contributed by atoms with Crippen LogP contribution in [0.2, 0.25) is 0 Å². The van der Waals surface area contributed by atoms with Crippen LogP contribution in [0.3, 0.4) is 0 Å². The lowest BCUT2D eigenvalue weighted by Gasteiger charge is -2.37. The molecule has 0 saturated carbocycles. The smallest absolute Gasteiger partial charge is 0.230 e. The third-order valence-electron chi connectivity index (χ3n) is 5.83. The van der Waals surface area contributed by atoms with Gasteiger partial charge < -0.3 is 14.8 Å². The topological polar surface area (TPSA) is 50.8 Å². The maximum absolute atomic E-state index is 13.2. The molecule has 3 rings (SSSR count). The maximum Gasteiger partial charge on any atom is 0.230 e. The molecule has 0 bridgehead atoms. The quantitative estimate of drug-likeness (QED) is 0.859. The first-order chi connectivity index (χ1) is 12.2. The molecule has 0 aromatic heterocycles. The minimum Gasteiger partial charge on any atom is -0.497 e. The van der Waals surface area contributed by atoms with Crippen LogP contribution in [0, 0.1) is 0 Å². The Labute approximate surface area is 150 Å². The average Bonchev–Trinajstić information content (AvgIpc) is 3.14. The molecule has 0 aliphatic carbocycles. The second-order valence-electron chi connectivity index (χ2n) is 7.06. The Morgan fingerprint density at radius 1 is 1.32 bits per heavy atom. The SMILES string of the molecule is CCN1CCCC1CNC(=O)C1(c2ccc(OC)cc2)CCOCC1. The van der Waals surface area contributed by atoms with E-state index in [1.54, 1.807) is 7.11 Å². The van der Waals surface area contributed by atoms with E-state index < -0.39 is 5.41 Å². The zero-order valence-corrected chi connectivity index (χ0v) is 15.4. The summed E-state index contributed by atoms with van der Waals surface area (Å²) in [4.78, 5) is 15.7. The molecule has 1 aromatic carbocycles. The van der Waals surface area contributed by atoms with Gasteiger partial charge in [-0.2, -0.15) is 0 Å². The fraction of sp³-hybridized carbons (Fsp3) is 0.650. The minimum absolute atomic E-state index is 0.143. The van der Waals surface area contributed by atoms with E-state index in [4.69, 9.17) is 9.47 Å². The van der Waals surface area contributed by atoms with Crippen molar-refractivity contribution in [2.24, 2.45) is 0 Å². The number of nitrogens with one attached hydrogen (secondary N) is 1. The number of nitrogens with zero attached hydrogens (tertiary/aromatic N) is 1. The Hall–Kier alpha value is -1.59. The van der Waals surface area contributed by atoms with Gasteiger partial charge in [-0.25, -0.2) is 0 Å². The van der Waals surface area contributed by atoms with Crippen LogP contribution >= 0.6 is 0 Å². The van der Waals surface area contributed by atoms with Crippen molar-refractivity contribution in [3.05, 3.63) is 29.8 Å². The maximum atomic E-state index is 13.2. The van der Waals surface area contributed by atoms with Gasteiger partial charge in [-0.15, -0.1) is 0 Å². The summed E-state index contributed by atoms with van der Waals surface area (Å²) >= 11 is 0. The van der Waals surface area contributed by atoms with Gasteiger partial charge in [0.15, 0.2) is 0 Å². The van der Waals surface area contributed by atoms with E-state index in [0.717, 1.165) is 43.8 Å². The summed E-state index contributed by atoms with van der Waals surface area (Å²) in [5.41, 5.74) is 0.577. The van der Waals surface area contributed by atoms with Crippen molar-refractivity contribution in [1.82, 2.24) is 10.2 Å². The molecule has 1 amide bonds. The van der Waals surface area contributed by atoms with E-state index in [2.05, 4.69) is 17.1 Å². The molecule has 138 valence electrons. The van der Waals surface area contributed by atoms with Crippen LogP contribution in [0.5, 0.6) is 5.75 Å². The number of methoxy groups -OCH3 is 1. The molecule has 1 aromatic rings. The molecule has 0 radical (unpaired) electrons. The number of ether oxygens (including phenoxy) is 2. The highest BCUT2D eigenvalue weighted by molar-refractivity contribution is 5.88. The summed E-state index contributed by atoms with van der Waals surface area (Å²) < 4.78 is 10.8. The molecular formula is C20H30N2O3. The van der Waals surface area contributed by atoms with Crippen molar-refractivity contribution < 1.29 is 14.3 Å². The second kappa shape index (κ2) is 8.19. The molecule has 2 aliphatic rings. The number of likely N-dealkylation sites (tertiary alicyclic amines) is 1. The minimum atomic E-state index is -0.486. The van der Waals surface area contributed by atoms with Crippen molar-refractivity contribution in [2.75, 3.05) is 40.0 Å². The van der Waals surface area contributed by atoms with Gasteiger partial charge in [-0.05, 0) is 56.5 Å². The van der Waals surface area contributed by atoms with Gasteiger partial charge in [0.05, 0.1) is 12.5 Å². The molecule has 2 saturated heterocycles. The number of likely N-dealkylation sites (N-methyl/N-ethyl adjacent to an activating group) is 1. The average molecular weight is 346 g/mol. The third-order valence-corrected chi connectivity index (χ3v) is 5.83. The predicted molar refractivity (Wildman–Crippen MR) is 98.0 cm³/mol. The summed E-state index contributed by atoms with van der Waals surface area (Å²) in [5.74, 6) is 0.958. The second-order valence-corrected chi connectivity index (χ2v) is 7.06. The zero-order valence-electron chi connectivity index (χ0n) is 15.4. The number of carbonyl (C=O) groups is 1.